The molecule has 1 aliphatic carbocycles. The topological polar surface area (TPSA) is 47.6 Å². The van der Waals surface area contributed by atoms with Crippen LogP contribution < -0.4 is 10.6 Å². The lowest BCUT2D eigenvalue weighted by molar-refractivity contribution is 0.128. The first-order chi connectivity index (χ1) is 12.3. The average Bonchev–Trinajstić information content (AvgIpc) is 2.65. The van der Waals surface area contributed by atoms with Crippen LogP contribution in [0.25, 0.3) is 0 Å². The summed E-state index contributed by atoms with van der Waals surface area (Å²) in [4.78, 5) is 16.8. The number of rotatable bonds is 6. The minimum absolute atomic E-state index is 0.0762. The Morgan fingerprint density at radius 2 is 1.80 bits per heavy atom. The molecule has 3 rings (SSSR count). The molecule has 0 saturated carbocycles. The smallest absolute Gasteiger partial charge is 0.315 e. The van der Waals surface area contributed by atoms with Crippen molar-refractivity contribution >= 4 is 6.03 Å². The molecule has 2 amide bonds. The Morgan fingerprint density at radius 3 is 2.52 bits per heavy atom. The standard InChI is InChI=1S/C20H28N4O/c25-20(22-19-9-5-2-6-10-19)21-11-12-23-13-15-24(16-14-23)17-18-7-3-1-4-8-18/h1-9,19H,10-17H2,(H2,21,22,25). The number of amides is 2. The third-order valence-corrected chi connectivity index (χ3v) is 4.72. The van der Waals surface area contributed by atoms with Gasteiger partial charge in [0.25, 0.3) is 0 Å². The van der Waals surface area contributed by atoms with E-state index in [9.17, 15) is 4.79 Å². The van der Waals surface area contributed by atoms with Crippen molar-refractivity contribution in [3.8, 4) is 0 Å². The molecule has 0 spiro atoms. The molecule has 5 heteroatoms. The molecular formula is C20H28N4O. The minimum atomic E-state index is -0.0762. The fourth-order valence-electron chi connectivity index (χ4n) is 3.25. The zero-order chi connectivity index (χ0) is 17.3. The second-order valence-corrected chi connectivity index (χ2v) is 6.66. The fraction of sp³-hybridized carbons (Fsp3) is 0.450. The summed E-state index contributed by atoms with van der Waals surface area (Å²) in [7, 11) is 0. The first-order valence-corrected chi connectivity index (χ1v) is 9.16. The second kappa shape index (κ2) is 9.39. The Labute approximate surface area is 150 Å². The SMILES string of the molecule is O=C(NCCN1CCN(Cc2ccccc2)CC1)NC1C=CC=CC1. The highest BCUT2D eigenvalue weighted by Crippen LogP contribution is 2.08. The molecule has 1 saturated heterocycles. The zero-order valence-electron chi connectivity index (χ0n) is 14.7. The number of urea groups is 1. The molecule has 1 heterocycles. The number of nitrogens with zero attached hydrogens (tertiary/aromatic N) is 2. The van der Waals surface area contributed by atoms with Crippen LogP contribution in [-0.2, 0) is 6.54 Å². The van der Waals surface area contributed by atoms with Crippen molar-refractivity contribution in [2.45, 2.75) is 19.0 Å². The Morgan fingerprint density at radius 1 is 1.04 bits per heavy atom. The number of piperazine rings is 1. The molecule has 0 aromatic heterocycles. The van der Waals surface area contributed by atoms with Crippen LogP contribution in [0.3, 0.4) is 0 Å². The third-order valence-electron chi connectivity index (χ3n) is 4.72. The van der Waals surface area contributed by atoms with Crippen LogP contribution in [-0.4, -0.2) is 61.1 Å². The van der Waals surface area contributed by atoms with Crippen molar-refractivity contribution in [2.75, 3.05) is 39.3 Å². The zero-order valence-corrected chi connectivity index (χ0v) is 14.7. The maximum Gasteiger partial charge on any atom is 0.315 e. The molecule has 25 heavy (non-hydrogen) atoms. The average molecular weight is 340 g/mol. The maximum atomic E-state index is 11.9. The van der Waals surface area contributed by atoms with E-state index >= 15 is 0 Å². The highest BCUT2D eigenvalue weighted by Gasteiger charge is 2.17. The molecule has 0 bridgehead atoms. The number of hydrogen-bond acceptors (Lipinski definition) is 3. The van der Waals surface area contributed by atoms with Crippen LogP contribution in [0.4, 0.5) is 4.79 Å². The van der Waals surface area contributed by atoms with E-state index in [1.54, 1.807) is 0 Å². The van der Waals surface area contributed by atoms with Crippen LogP contribution in [0.15, 0.2) is 54.6 Å². The molecule has 1 aromatic rings. The summed E-state index contributed by atoms with van der Waals surface area (Å²) >= 11 is 0. The van der Waals surface area contributed by atoms with Crippen molar-refractivity contribution in [3.05, 3.63) is 60.2 Å². The number of benzene rings is 1. The van der Waals surface area contributed by atoms with Gasteiger partial charge in [-0.2, -0.15) is 0 Å². The van der Waals surface area contributed by atoms with E-state index in [-0.39, 0.29) is 12.1 Å². The van der Waals surface area contributed by atoms with E-state index in [1.807, 2.05) is 18.2 Å². The van der Waals surface area contributed by atoms with E-state index in [1.165, 1.54) is 5.56 Å². The van der Waals surface area contributed by atoms with E-state index in [0.717, 1.165) is 45.7 Å². The summed E-state index contributed by atoms with van der Waals surface area (Å²) in [6.07, 6.45) is 8.94. The number of hydrogen-bond donors (Lipinski definition) is 2. The molecule has 5 nitrogen and oxygen atoms in total. The van der Waals surface area contributed by atoms with Crippen molar-refractivity contribution in [1.82, 2.24) is 20.4 Å². The summed E-state index contributed by atoms with van der Waals surface area (Å²) in [5.74, 6) is 0. The normalized spacial score (nSPS) is 21.2. The molecule has 1 atom stereocenters. The lowest BCUT2D eigenvalue weighted by Gasteiger charge is -2.34. The van der Waals surface area contributed by atoms with Crippen molar-refractivity contribution < 1.29 is 4.79 Å². The van der Waals surface area contributed by atoms with E-state index in [0.29, 0.717) is 6.54 Å². The van der Waals surface area contributed by atoms with Crippen LogP contribution in [0, 0.1) is 0 Å². The lowest BCUT2D eigenvalue weighted by atomic mass is 10.1. The highest BCUT2D eigenvalue weighted by atomic mass is 16.2. The lowest BCUT2D eigenvalue weighted by Crippen LogP contribution is -2.49. The van der Waals surface area contributed by atoms with Gasteiger partial charge in [0.15, 0.2) is 0 Å². The Bertz CT molecular complexity index is 591. The maximum absolute atomic E-state index is 11.9. The van der Waals surface area contributed by atoms with E-state index < -0.39 is 0 Å². The second-order valence-electron chi connectivity index (χ2n) is 6.66. The van der Waals surface area contributed by atoms with Gasteiger partial charge in [-0.15, -0.1) is 0 Å². The molecule has 1 fully saturated rings. The molecule has 0 radical (unpaired) electrons. The number of carbonyl (C=O) groups excluding carboxylic acids is 1. The van der Waals surface area contributed by atoms with Crippen LogP contribution in [0.5, 0.6) is 0 Å². The molecule has 134 valence electrons. The molecule has 1 aromatic carbocycles. The predicted octanol–water partition coefficient (Wildman–Crippen LogP) is 1.99. The number of carbonyl (C=O) groups is 1. The molecule has 2 N–H and O–H groups in total. The van der Waals surface area contributed by atoms with Gasteiger partial charge >= 0.3 is 6.03 Å². The third kappa shape index (κ3) is 6.03. The van der Waals surface area contributed by atoms with E-state index in [2.05, 4.69) is 56.8 Å². The Hall–Kier alpha value is -2.11. The first-order valence-electron chi connectivity index (χ1n) is 9.16. The first kappa shape index (κ1) is 17.7. The molecule has 2 aliphatic rings. The van der Waals surface area contributed by atoms with Gasteiger partial charge in [0, 0.05) is 45.8 Å². The predicted molar refractivity (Wildman–Crippen MR) is 101 cm³/mol. The van der Waals surface area contributed by atoms with Gasteiger partial charge in [0.05, 0.1) is 6.04 Å². The van der Waals surface area contributed by atoms with Crippen LogP contribution >= 0.6 is 0 Å². The number of nitrogens with one attached hydrogen (secondary N) is 2. The van der Waals surface area contributed by atoms with Crippen LogP contribution in [0.2, 0.25) is 0 Å². The Kier molecular flexibility index (Phi) is 6.65. The molecular weight excluding hydrogens is 312 g/mol. The monoisotopic (exact) mass is 340 g/mol. The van der Waals surface area contributed by atoms with Crippen molar-refractivity contribution in [2.24, 2.45) is 0 Å². The highest BCUT2D eigenvalue weighted by molar-refractivity contribution is 5.74. The fourth-order valence-corrected chi connectivity index (χ4v) is 3.25. The van der Waals surface area contributed by atoms with Gasteiger partial charge < -0.3 is 10.6 Å². The molecule has 1 aliphatic heterocycles. The summed E-state index contributed by atoms with van der Waals surface area (Å²) < 4.78 is 0. The summed E-state index contributed by atoms with van der Waals surface area (Å²) in [6, 6.07) is 10.7. The summed E-state index contributed by atoms with van der Waals surface area (Å²) in [5, 5.41) is 5.94. The Balaban J connectivity index is 1.28. The number of allylic oxidation sites excluding steroid dienone is 2. The quantitative estimate of drug-likeness (QED) is 0.833. The largest absolute Gasteiger partial charge is 0.337 e. The van der Waals surface area contributed by atoms with Gasteiger partial charge in [0.2, 0.25) is 0 Å². The van der Waals surface area contributed by atoms with Gasteiger partial charge in [0.1, 0.15) is 0 Å². The van der Waals surface area contributed by atoms with Gasteiger partial charge in [-0.25, -0.2) is 4.79 Å². The molecule has 1 unspecified atom stereocenters. The van der Waals surface area contributed by atoms with Crippen molar-refractivity contribution in [1.29, 1.82) is 0 Å². The summed E-state index contributed by atoms with van der Waals surface area (Å²) in [6.45, 7) is 6.92. The van der Waals surface area contributed by atoms with E-state index in [4.69, 9.17) is 0 Å². The van der Waals surface area contributed by atoms with Crippen LogP contribution in [0.1, 0.15) is 12.0 Å². The van der Waals surface area contributed by atoms with Gasteiger partial charge in [-0.1, -0.05) is 54.6 Å². The van der Waals surface area contributed by atoms with Crippen molar-refractivity contribution in [3.63, 3.8) is 0 Å². The van der Waals surface area contributed by atoms with Gasteiger partial charge in [-0.05, 0) is 12.0 Å². The minimum Gasteiger partial charge on any atom is -0.337 e. The summed E-state index contributed by atoms with van der Waals surface area (Å²) in [5.41, 5.74) is 1.38. The van der Waals surface area contributed by atoms with Gasteiger partial charge in [-0.3, -0.25) is 9.80 Å².